The predicted molar refractivity (Wildman–Crippen MR) is 122 cm³/mol. The van der Waals surface area contributed by atoms with Crippen molar-refractivity contribution >= 4 is 17.8 Å². The Morgan fingerprint density at radius 1 is 0.533 bits per heavy atom. The van der Waals surface area contributed by atoms with E-state index in [1.807, 2.05) is 0 Å². The Morgan fingerprint density at radius 3 is 1.27 bits per heavy atom. The van der Waals surface area contributed by atoms with E-state index in [9.17, 15) is 14.4 Å². The van der Waals surface area contributed by atoms with Crippen LogP contribution in [0.3, 0.4) is 0 Å². The third kappa shape index (κ3) is 24.4. The van der Waals surface area contributed by atoms with E-state index in [1.165, 1.54) is 77.0 Å². The second-order valence-electron chi connectivity index (χ2n) is 8.47. The Balaban J connectivity index is 3.13. The summed E-state index contributed by atoms with van der Waals surface area (Å²) < 4.78 is 0. The van der Waals surface area contributed by atoms with Crippen molar-refractivity contribution in [1.29, 1.82) is 0 Å². The summed E-state index contributed by atoms with van der Waals surface area (Å²) in [5, 5.41) is 11.4. The highest BCUT2D eigenvalue weighted by Crippen LogP contribution is 2.14. The molecule has 0 saturated carbocycles. The Kier molecular flexibility index (Phi) is 20.9. The number of nitrogens with two attached hydrogens (primary N) is 1. The van der Waals surface area contributed by atoms with Gasteiger partial charge in [-0.25, -0.2) is 0 Å². The molecule has 0 fully saturated rings. The van der Waals surface area contributed by atoms with E-state index in [2.05, 4.69) is 5.32 Å². The monoisotopic (exact) mass is 426 g/mol. The number of aliphatic carboxylic acids is 1. The molecule has 30 heavy (non-hydrogen) atoms. The van der Waals surface area contributed by atoms with E-state index in [-0.39, 0.29) is 11.8 Å². The lowest BCUT2D eigenvalue weighted by Crippen LogP contribution is -2.25. The number of carbonyl (C=O) groups is 3. The minimum Gasteiger partial charge on any atom is -0.481 e. The van der Waals surface area contributed by atoms with E-state index in [1.54, 1.807) is 0 Å². The van der Waals surface area contributed by atoms with Gasteiger partial charge in [0, 0.05) is 25.8 Å². The van der Waals surface area contributed by atoms with Crippen molar-refractivity contribution in [2.75, 3.05) is 6.54 Å². The maximum atomic E-state index is 11.6. The standard InChI is InChI=1S/C24H46N2O4/c25-22(27)18-17-21-26-23(28)19-15-13-11-9-7-5-3-1-2-4-6-8-10-12-14-16-20-24(29)30/h1-21H2,(H2,25,27)(H,26,28)(H,29,30). The molecule has 176 valence electrons. The molecule has 2 amide bonds. The maximum absolute atomic E-state index is 11.6. The Hall–Kier alpha value is -1.59. The van der Waals surface area contributed by atoms with Crippen LogP contribution >= 0.6 is 0 Å². The first-order valence-corrected chi connectivity index (χ1v) is 12.3. The molecule has 0 rings (SSSR count). The molecule has 0 aliphatic carbocycles. The first-order chi connectivity index (χ1) is 14.5. The Morgan fingerprint density at radius 2 is 0.900 bits per heavy atom. The van der Waals surface area contributed by atoms with E-state index in [0.29, 0.717) is 32.2 Å². The number of unbranched alkanes of at least 4 members (excludes halogenated alkanes) is 15. The second kappa shape index (κ2) is 22.1. The number of carboxylic acid groups (broad SMARTS) is 1. The van der Waals surface area contributed by atoms with Crippen molar-refractivity contribution in [3.63, 3.8) is 0 Å². The molecule has 6 nitrogen and oxygen atoms in total. The molecule has 0 atom stereocenters. The SMILES string of the molecule is NC(=O)CCCNC(=O)CCCCCCCCCCCCCCCCCCC(=O)O. The van der Waals surface area contributed by atoms with Crippen LogP contribution in [0.1, 0.15) is 128 Å². The summed E-state index contributed by atoms with van der Waals surface area (Å²) in [6.45, 7) is 0.538. The molecule has 0 saturated heterocycles. The maximum Gasteiger partial charge on any atom is 0.303 e. The van der Waals surface area contributed by atoms with E-state index in [4.69, 9.17) is 10.8 Å². The third-order valence-electron chi connectivity index (χ3n) is 5.47. The van der Waals surface area contributed by atoms with Crippen molar-refractivity contribution in [2.24, 2.45) is 5.73 Å². The van der Waals surface area contributed by atoms with Gasteiger partial charge in [-0.1, -0.05) is 89.9 Å². The van der Waals surface area contributed by atoms with Crippen LogP contribution in [0.5, 0.6) is 0 Å². The van der Waals surface area contributed by atoms with Crippen molar-refractivity contribution in [3.05, 3.63) is 0 Å². The summed E-state index contributed by atoms with van der Waals surface area (Å²) in [4.78, 5) is 32.6. The fourth-order valence-electron chi connectivity index (χ4n) is 3.62. The van der Waals surface area contributed by atoms with Crippen molar-refractivity contribution in [3.8, 4) is 0 Å². The molecule has 0 aliphatic heterocycles. The van der Waals surface area contributed by atoms with Crippen LogP contribution in [-0.4, -0.2) is 29.4 Å². The van der Waals surface area contributed by atoms with Crippen LogP contribution in [0.4, 0.5) is 0 Å². The van der Waals surface area contributed by atoms with Crippen LogP contribution < -0.4 is 11.1 Å². The van der Waals surface area contributed by atoms with Crippen molar-refractivity contribution in [1.82, 2.24) is 5.32 Å². The van der Waals surface area contributed by atoms with E-state index >= 15 is 0 Å². The van der Waals surface area contributed by atoms with Crippen molar-refractivity contribution < 1.29 is 19.5 Å². The van der Waals surface area contributed by atoms with Gasteiger partial charge in [0.25, 0.3) is 0 Å². The average Bonchev–Trinajstić information content (AvgIpc) is 2.70. The predicted octanol–water partition coefficient (Wildman–Crippen LogP) is 5.47. The van der Waals surface area contributed by atoms with Crippen LogP contribution in [0, 0.1) is 0 Å². The van der Waals surface area contributed by atoms with Gasteiger partial charge in [-0.2, -0.15) is 0 Å². The van der Waals surface area contributed by atoms with Crippen LogP contribution in [0.2, 0.25) is 0 Å². The molecule has 0 radical (unpaired) electrons. The minimum atomic E-state index is -0.675. The number of nitrogens with one attached hydrogen (secondary N) is 1. The Bertz CT molecular complexity index is 441. The fourth-order valence-corrected chi connectivity index (χ4v) is 3.62. The molecular formula is C24H46N2O4. The molecule has 0 unspecified atom stereocenters. The molecular weight excluding hydrogens is 380 g/mol. The Labute approximate surface area is 183 Å². The van der Waals surface area contributed by atoms with Crippen LogP contribution in [-0.2, 0) is 14.4 Å². The highest BCUT2D eigenvalue weighted by Gasteiger charge is 2.01. The van der Waals surface area contributed by atoms with Gasteiger partial charge >= 0.3 is 5.97 Å². The normalized spacial score (nSPS) is 10.8. The number of carbonyl (C=O) groups excluding carboxylic acids is 2. The summed E-state index contributed by atoms with van der Waals surface area (Å²) in [6, 6.07) is 0. The molecule has 0 aromatic heterocycles. The lowest BCUT2D eigenvalue weighted by molar-refractivity contribution is -0.137. The van der Waals surface area contributed by atoms with Gasteiger partial charge in [0.1, 0.15) is 0 Å². The molecule has 0 aromatic rings. The number of hydrogen-bond donors (Lipinski definition) is 3. The zero-order chi connectivity index (χ0) is 22.3. The van der Waals surface area contributed by atoms with E-state index in [0.717, 1.165) is 25.7 Å². The molecule has 0 aliphatic rings. The number of hydrogen-bond acceptors (Lipinski definition) is 3. The zero-order valence-electron chi connectivity index (χ0n) is 19.1. The molecule has 0 aromatic carbocycles. The second-order valence-corrected chi connectivity index (χ2v) is 8.47. The first kappa shape index (κ1) is 28.4. The summed E-state index contributed by atoms with van der Waals surface area (Å²) in [6.07, 6.45) is 21.3. The number of carboxylic acids is 1. The number of amides is 2. The first-order valence-electron chi connectivity index (χ1n) is 12.3. The third-order valence-corrected chi connectivity index (χ3v) is 5.47. The summed E-state index contributed by atoms with van der Waals surface area (Å²) in [7, 11) is 0. The van der Waals surface area contributed by atoms with Gasteiger partial charge in [-0.15, -0.1) is 0 Å². The van der Waals surface area contributed by atoms with Gasteiger partial charge in [0.05, 0.1) is 0 Å². The smallest absolute Gasteiger partial charge is 0.303 e. The van der Waals surface area contributed by atoms with Crippen molar-refractivity contribution in [2.45, 2.75) is 128 Å². The molecule has 6 heteroatoms. The van der Waals surface area contributed by atoms with Gasteiger partial charge < -0.3 is 16.2 Å². The van der Waals surface area contributed by atoms with Gasteiger partial charge in [0.15, 0.2) is 0 Å². The van der Waals surface area contributed by atoms with Gasteiger partial charge in [-0.05, 0) is 19.3 Å². The zero-order valence-corrected chi connectivity index (χ0v) is 19.1. The molecule has 4 N–H and O–H groups in total. The minimum absolute atomic E-state index is 0.0812. The lowest BCUT2D eigenvalue weighted by Gasteiger charge is -2.05. The van der Waals surface area contributed by atoms with Crippen LogP contribution in [0.15, 0.2) is 0 Å². The topological polar surface area (TPSA) is 109 Å². The largest absolute Gasteiger partial charge is 0.481 e. The summed E-state index contributed by atoms with van der Waals surface area (Å²) in [5.41, 5.74) is 5.06. The molecule has 0 bridgehead atoms. The summed E-state index contributed by atoms with van der Waals surface area (Å²) >= 11 is 0. The average molecular weight is 427 g/mol. The molecule has 0 heterocycles. The van der Waals surface area contributed by atoms with Gasteiger partial charge in [-0.3, -0.25) is 14.4 Å². The molecule has 0 spiro atoms. The van der Waals surface area contributed by atoms with Crippen LogP contribution in [0.25, 0.3) is 0 Å². The number of rotatable bonds is 23. The highest BCUT2D eigenvalue weighted by atomic mass is 16.4. The fraction of sp³-hybridized carbons (Fsp3) is 0.875. The summed E-state index contributed by atoms with van der Waals surface area (Å²) in [5.74, 6) is -0.911. The quantitative estimate of drug-likeness (QED) is 0.188. The lowest BCUT2D eigenvalue weighted by atomic mass is 10.0. The van der Waals surface area contributed by atoms with E-state index < -0.39 is 5.97 Å². The number of primary amides is 1. The highest BCUT2D eigenvalue weighted by molar-refractivity contribution is 5.76. The van der Waals surface area contributed by atoms with Gasteiger partial charge in [0.2, 0.25) is 11.8 Å².